The van der Waals surface area contributed by atoms with E-state index in [0.717, 1.165) is 29.5 Å². The Hall–Kier alpha value is -4.34. The van der Waals surface area contributed by atoms with Gasteiger partial charge in [-0.15, -0.1) is 0 Å². The molecule has 2 amide bonds. The Morgan fingerprint density at radius 3 is 1.98 bits per heavy atom. The van der Waals surface area contributed by atoms with Crippen LogP contribution < -0.4 is 10.0 Å². The number of sulfonamides is 1. The van der Waals surface area contributed by atoms with Crippen LogP contribution in [0.4, 0.5) is 4.39 Å². The lowest BCUT2D eigenvalue weighted by Crippen LogP contribution is -2.50. The number of hydrogen-bond acceptors (Lipinski definition) is 4. The summed E-state index contributed by atoms with van der Waals surface area (Å²) in [5.74, 6) is -0.908. The molecular formula is C35H36FN3O4S. The Balaban J connectivity index is 1.36. The molecule has 0 unspecified atom stereocenters. The molecule has 44 heavy (non-hydrogen) atoms. The van der Waals surface area contributed by atoms with Crippen LogP contribution in [0.15, 0.2) is 114 Å². The number of nitrogens with one attached hydrogen (secondary N) is 2. The summed E-state index contributed by atoms with van der Waals surface area (Å²) in [6.07, 6.45) is 2.46. The summed E-state index contributed by atoms with van der Waals surface area (Å²) in [5.41, 5.74) is 3.35. The summed E-state index contributed by atoms with van der Waals surface area (Å²) in [7, 11) is -3.57. The highest BCUT2D eigenvalue weighted by molar-refractivity contribution is 7.89. The van der Waals surface area contributed by atoms with Gasteiger partial charge in [-0.1, -0.05) is 84.9 Å². The van der Waals surface area contributed by atoms with Crippen molar-refractivity contribution in [1.29, 1.82) is 0 Å². The predicted molar refractivity (Wildman–Crippen MR) is 167 cm³/mol. The first kappa shape index (κ1) is 31.1. The number of rotatable bonds is 14. The lowest BCUT2D eigenvalue weighted by Gasteiger charge is -2.32. The normalized spacial score (nSPS) is 13.7. The molecule has 1 fully saturated rings. The maximum Gasteiger partial charge on any atom is 0.243 e. The number of carbonyl (C=O) groups is 2. The molecule has 2 N–H and O–H groups in total. The van der Waals surface area contributed by atoms with Gasteiger partial charge < -0.3 is 10.2 Å². The standard InChI is InChI=1S/C35H36FN3O4S/c36-30-16-11-29(12-17-30)25-39(34(40)22-15-26-13-20-32(21-14-26)44(42,43)38-31-18-19-31)33(23-27-7-3-1-4-8-27)35(41)37-24-28-9-5-2-6-10-28/h1-14,16-17,20-21,31,33,38H,15,18-19,22-25H2,(H,37,41)/t33-/m0/s1. The van der Waals surface area contributed by atoms with E-state index in [2.05, 4.69) is 10.0 Å². The quantitative estimate of drug-likeness (QED) is 0.206. The van der Waals surface area contributed by atoms with Gasteiger partial charge in [0.1, 0.15) is 11.9 Å². The molecule has 0 radical (unpaired) electrons. The van der Waals surface area contributed by atoms with Gasteiger partial charge in [0.25, 0.3) is 0 Å². The summed E-state index contributed by atoms with van der Waals surface area (Å²) in [5, 5.41) is 3.01. The van der Waals surface area contributed by atoms with Crippen molar-refractivity contribution in [3.05, 3.63) is 137 Å². The second kappa shape index (κ2) is 14.4. The Kier molecular flexibility index (Phi) is 10.2. The number of halogens is 1. The molecule has 0 heterocycles. The monoisotopic (exact) mass is 613 g/mol. The molecule has 4 aromatic rings. The van der Waals surface area contributed by atoms with Crippen molar-refractivity contribution in [3.8, 4) is 0 Å². The summed E-state index contributed by atoms with van der Waals surface area (Å²) in [6, 6.07) is 30.7. The van der Waals surface area contributed by atoms with Gasteiger partial charge in [0, 0.05) is 32.0 Å². The zero-order chi connectivity index (χ0) is 30.9. The van der Waals surface area contributed by atoms with E-state index < -0.39 is 16.1 Å². The fourth-order valence-corrected chi connectivity index (χ4v) is 6.27. The first-order valence-corrected chi connectivity index (χ1v) is 16.3. The average Bonchev–Trinajstić information content (AvgIpc) is 3.86. The van der Waals surface area contributed by atoms with Gasteiger partial charge in [0.05, 0.1) is 4.90 Å². The minimum Gasteiger partial charge on any atom is -0.350 e. The van der Waals surface area contributed by atoms with Gasteiger partial charge in [-0.05, 0) is 65.8 Å². The average molecular weight is 614 g/mol. The summed E-state index contributed by atoms with van der Waals surface area (Å²) < 4.78 is 41.5. The van der Waals surface area contributed by atoms with Crippen molar-refractivity contribution in [2.75, 3.05) is 0 Å². The lowest BCUT2D eigenvalue weighted by atomic mass is 10.0. The van der Waals surface area contributed by atoms with Gasteiger partial charge in [0.2, 0.25) is 21.8 Å². The number of nitrogens with zero attached hydrogens (tertiary/aromatic N) is 1. The molecule has 1 aliphatic rings. The highest BCUT2D eigenvalue weighted by atomic mass is 32.2. The summed E-state index contributed by atoms with van der Waals surface area (Å²) >= 11 is 0. The molecular weight excluding hydrogens is 577 g/mol. The molecule has 0 bridgehead atoms. The van der Waals surface area contributed by atoms with Crippen molar-refractivity contribution in [2.24, 2.45) is 0 Å². The smallest absolute Gasteiger partial charge is 0.243 e. The van der Waals surface area contributed by atoms with Gasteiger partial charge in [-0.3, -0.25) is 9.59 Å². The minimum atomic E-state index is -3.57. The van der Waals surface area contributed by atoms with Crippen LogP contribution in [0.25, 0.3) is 0 Å². The molecule has 0 aromatic heterocycles. The van der Waals surface area contributed by atoms with E-state index in [-0.39, 0.29) is 41.5 Å². The van der Waals surface area contributed by atoms with E-state index in [1.165, 1.54) is 12.1 Å². The van der Waals surface area contributed by atoms with Crippen LogP contribution >= 0.6 is 0 Å². The Bertz CT molecular complexity index is 1640. The molecule has 1 aliphatic carbocycles. The van der Waals surface area contributed by atoms with Gasteiger partial charge in [-0.2, -0.15) is 0 Å². The Morgan fingerprint density at radius 1 is 0.773 bits per heavy atom. The van der Waals surface area contributed by atoms with E-state index in [0.29, 0.717) is 24.9 Å². The second-order valence-corrected chi connectivity index (χ2v) is 12.8. The van der Waals surface area contributed by atoms with Crippen molar-refractivity contribution in [1.82, 2.24) is 14.9 Å². The zero-order valence-electron chi connectivity index (χ0n) is 24.4. The molecule has 4 aromatic carbocycles. The zero-order valence-corrected chi connectivity index (χ0v) is 25.2. The van der Waals surface area contributed by atoms with Crippen LogP contribution in [0.3, 0.4) is 0 Å². The predicted octanol–water partition coefficient (Wildman–Crippen LogP) is 5.16. The van der Waals surface area contributed by atoms with E-state index in [4.69, 9.17) is 0 Å². The van der Waals surface area contributed by atoms with E-state index in [9.17, 15) is 22.4 Å². The van der Waals surface area contributed by atoms with Crippen LogP contribution in [-0.4, -0.2) is 37.2 Å². The summed E-state index contributed by atoms with van der Waals surface area (Å²) in [6.45, 7) is 0.438. The molecule has 0 spiro atoms. The molecule has 5 rings (SSSR count). The van der Waals surface area contributed by atoms with E-state index >= 15 is 0 Å². The lowest BCUT2D eigenvalue weighted by molar-refractivity contribution is -0.141. The molecule has 0 aliphatic heterocycles. The van der Waals surface area contributed by atoms with Crippen molar-refractivity contribution >= 4 is 21.8 Å². The SMILES string of the molecule is O=C(NCc1ccccc1)[C@H](Cc1ccccc1)N(Cc1ccc(F)cc1)C(=O)CCc1ccc(S(=O)(=O)NC2CC2)cc1. The fraction of sp³-hybridized carbons (Fsp3) is 0.257. The fourth-order valence-electron chi connectivity index (χ4n) is 4.96. The van der Waals surface area contributed by atoms with Crippen LogP contribution in [0.1, 0.15) is 41.5 Å². The van der Waals surface area contributed by atoms with Crippen LogP contribution in [-0.2, 0) is 45.5 Å². The van der Waals surface area contributed by atoms with Crippen LogP contribution in [0.2, 0.25) is 0 Å². The topological polar surface area (TPSA) is 95.6 Å². The van der Waals surface area contributed by atoms with Gasteiger partial charge in [-0.25, -0.2) is 17.5 Å². The summed E-state index contributed by atoms with van der Waals surface area (Å²) in [4.78, 5) is 29.4. The first-order chi connectivity index (χ1) is 21.3. The highest BCUT2D eigenvalue weighted by Crippen LogP contribution is 2.23. The molecule has 0 saturated heterocycles. The maximum absolute atomic E-state index is 13.9. The maximum atomic E-state index is 13.9. The molecule has 9 heteroatoms. The van der Waals surface area contributed by atoms with Crippen molar-refractivity contribution in [2.45, 2.75) is 62.2 Å². The van der Waals surface area contributed by atoms with Gasteiger partial charge >= 0.3 is 0 Å². The minimum absolute atomic E-state index is 0.0121. The van der Waals surface area contributed by atoms with E-state index in [1.54, 1.807) is 41.3 Å². The number of benzene rings is 4. The largest absolute Gasteiger partial charge is 0.350 e. The number of carbonyl (C=O) groups excluding carboxylic acids is 2. The van der Waals surface area contributed by atoms with E-state index in [1.807, 2.05) is 60.7 Å². The first-order valence-electron chi connectivity index (χ1n) is 14.8. The number of hydrogen-bond donors (Lipinski definition) is 2. The van der Waals surface area contributed by atoms with Gasteiger partial charge in [0.15, 0.2) is 0 Å². The number of amides is 2. The molecule has 228 valence electrons. The third-order valence-corrected chi connectivity index (χ3v) is 9.14. The molecule has 7 nitrogen and oxygen atoms in total. The highest BCUT2D eigenvalue weighted by Gasteiger charge is 2.31. The third-order valence-electron chi connectivity index (χ3n) is 7.61. The second-order valence-electron chi connectivity index (χ2n) is 11.1. The Morgan fingerprint density at radius 2 is 1.36 bits per heavy atom. The van der Waals surface area contributed by atoms with Crippen LogP contribution in [0.5, 0.6) is 0 Å². The number of aryl methyl sites for hydroxylation is 1. The Labute approximate surface area is 258 Å². The third kappa shape index (κ3) is 8.84. The molecule has 1 atom stereocenters. The van der Waals surface area contributed by atoms with Crippen molar-refractivity contribution < 1.29 is 22.4 Å². The molecule has 1 saturated carbocycles. The van der Waals surface area contributed by atoms with Crippen LogP contribution in [0, 0.1) is 5.82 Å². The van der Waals surface area contributed by atoms with Crippen molar-refractivity contribution in [3.63, 3.8) is 0 Å².